The van der Waals surface area contributed by atoms with Gasteiger partial charge in [-0.25, -0.2) is 13.1 Å². The SMILES string of the molecule is CC[C@H](C)NS(=O)(=O)c1ccc(OC(F)(F)F)cc1. The van der Waals surface area contributed by atoms with E-state index >= 15 is 0 Å². The molecule has 0 radical (unpaired) electrons. The number of alkyl halides is 3. The maximum atomic E-state index is 11.9. The molecule has 0 fully saturated rings. The van der Waals surface area contributed by atoms with Gasteiger partial charge in [-0.3, -0.25) is 0 Å². The molecule has 1 aromatic carbocycles. The highest BCUT2D eigenvalue weighted by atomic mass is 32.2. The van der Waals surface area contributed by atoms with Crippen molar-refractivity contribution in [3.63, 3.8) is 0 Å². The van der Waals surface area contributed by atoms with Gasteiger partial charge in [0.15, 0.2) is 0 Å². The van der Waals surface area contributed by atoms with E-state index in [1.165, 1.54) is 0 Å². The van der Waals surface area contributed by atoms with Gasteiger partial charge in [0.1, 0.15) is 5.75 Å². The van der Waals surface area contributed by atoms with Crippen LogP contribution in [-0.4, -0.2) is 20.8 Å². The van der Waals surface area contributed by atoms with Crippen molar-refractivity contribution in [3.05, 3.63) is 24.3 Å². The average molecular weight is 297 g/mol. The van der Waals surface area contributed by atoms with Crippen molar-refractivity contribution in [3.8, 4) is 5.75 Å². The molecule has 1 aromatic rings. The maximum absolute atomic E-state index is 11.9. The Kier molecular flexibility index (Phi) is 4.81. The van der Waals surface area contributed by atoms with Crippen molar-refractivity contribution < 1.29 is 26.3 Å². The van der Waals surface area contributed by atoms with Crippen LogP contribution in [0.2, 0.25) is 0 Å². The summed E-state index contributed by atoms with van der Waals surface area (Å²) in [6.07, 6.45) is -4.19. The zero-order chi connectivity index (χ0) is 14.7. The summed E-state index contributed by atoms with van der Waals surface area (Å²) in [6, 6.07) is 3.78. The zero-order valence-electron chi connectivity index (χ0n) is 10.4. The molecular weight excluding hydrogens is 283 g/mol. The first-order chi connectivity index (χ1) is 8.64. The topological polar surface area (TPSA) is 55.4 Å². The number of rotatable bonds is 5. The lowest BCUT2D eigenvalue weighted by molar-refractivity contribution is -0.274. The minimum atomic E-state index is -4.80. The van der Waals surface area contributed by atoms with E-state index < -0.39 is 22.1 Å². The van der Waals surface area contributed by atoms with Crippen LogP contribution in [0.5, 0.6) is 5.75 Å². The molecule has 19 heavy (non-hydrogen) atoms. The van der Waals surface area contributed by atoms with Crippen molar-refractivity contribution in [1.29, 1.82) is 0 Å². The van der Waals surface area contributed by atoms with Crippen molar-refractivity contribution in [2.45, 2.75) is 37.6 Å². The van der Waals surface area contributed by atoms with E-state index in [1.54, 1.807) is 6.92 Å². The smallest absolute Gasteiger partial charge is 0.406 e. The summed E-state index contributed by atoms with van der Waals surface area (Å²) >= 11 is 0. The summed E-state index contributed by atoms with van der Waals surface area (Å²) in [5.41, 5.74) is 0. The molecule has 0 amide bonds. The maximum Gasteiger partial charge on any atom is 0.573 e. The number of nitrogens with one attached hydrogen (secondary N) is 1. The van der Waals surface area contributed by atoms with Gasteiger partial charge in [0.05, 0.1) is 4.90 Å². The molecule has 0 aromatic heterocycles. The highest BCUT2D eigenvalue weighted by Gasteiger charge is 2.31. The summed E-state index contributed by atoms with van der Waals surface area (Å²) in [5.74, 6) is -0.463. The molecule has 0 saturated carbocycles. The number of hydrogen-bond acceptors (Lipinski definition) is 3. The summed E-state index contributed by atoms with van der Waals surface area (Å²) < 4.78 is 65.5. The first kappa shape index (κ1) is 15.8. The Morgan fingerprint density at radius 1 is 1.26 bits per heavy atom. The number of hydrogen-bond donors (Lipinski definition) is 1. The Morgan fingerprint density at radius 3 is 2.21 bits per heavy atom. The van der Waals surface area contributed by atoms with Crippen LogP contribution in [-0.2, 0) is 10.0 Å². The Morgan fingerprint density at radius 2 is 1.79 bits per heavy atom. The summed E-state index contributed by atoms with van der Waals surface area (Å²) in [7, 11) is -3.72. The van der Waals surface area contributed by atoms with Crippen LogP contribution >= 0.6 is 0 Å². The summed E-state index contributed by atoms with van der Waals surface area (Å²) in [6.45, 7) is 3.51. The summed E-state index contributed by atoms with van der Waals surface area (Å²) in [4.78, 5) is -0.109. The molecule has 1 N–H and O–H groups in total. The minimum Gasteiger partial charge on any atom is -0.406 e. The molecule has 0 unspecified atom stereocenters. The van der Waals surface area contributed by atoms with E-state index in [9.17, 15) is 21.6 Å². The van der Waals surface area contributed by atoms with Crippen LogP contribution in [0, 0.1) is 0 Å². The fraction of sp³-hybridized carbons (Fsp3) is 0.455. The van der Waals surface area contributed by atoms with Gasteiger partial charge in [-0.15, -0.1) is 13.2 Å². The molecule has 1 rings (SSSR count). The Hall–Kier alpha value is -1.28. The third-order valence-electron chi connectivity index (χ3n) is 2.34. The number of benzene rings is 1. The average Bonchev–Trinajstić information content (AvgIpc) is 2.26. The molecule has 8 heteroatoms. The molecule has 4 nitrogen and oxygen atoms in total. The van der Waals surface area contributed by atoms with E-state index in [4.69, 9.17) is 0 Å². The van der Waals surface area contributed by atoms with Gasteiger partial charge in [-0.1, -0.05) is 6.92 Å². The van der Waals surface area contributed by atoms with Crippen LogP contribution in [0.15, 0.2) is 29.2 Å². The van der Waals surface area contributed by atoms with Crippen LogP contribution in [0.3, 0.4) is 0 Å². The number of ether oxygens (including phenoxy) is 1. The first-order valence-corrected chi connectivity index (χ1v) is 7.00. The van der Waals surface area contributed by atoms with Gasteiger partial charge < -0.3 is 4.74 Å². The zero-order valence-corrected chi connectivity index (χ0v) is 11.2. The standard InChI is InChI=1S/C11H14F3NO3S/c1-3-8(2)15-19(16,17)10-6-4-9(5-7-10)18-11(12,13)14/h4-8,15H,3H2,1-2H3/t8-/m0/s1. The molecule has 0 aliphatic rings. The van der Waals surface area contributed by atoms with Gasteiger partial charge in [0.2, 0.25) is 10.0 Å². The fourth-order valence-corrected chi connectivity index (χ4v) is 2.56. The van der Waals surface area contributed by atoms with Crippen LogP contribution in [0.4, 0.5) is 13.2 Å². The fourth-order valence-electron chi connectivity index (χ4n) is 1.24. The molecular formula is C11H14F3NO3S. The Balaban J connectivity index is 2.87. The van der Waals surface area contributed by atoms with E-state index in [2.05, 4.69) is 9.46 Å². The van der Waals surface area contributed by atoms with Crippen molar-refractivity contribution in [1.82, 2.24) is 4.72 Å². The molecule has 0 aliphatic heterocycles. The number of sulfonamides is 1. The summed E-state index contributed by atoms with van der Waals surface area (Å²) in [5, 5.41) is 0. The molecule has 0 heterocycles. The molecule has 0 saturated heterocycles. The van der Waals surface area contributed by atoms with Gasteiger partial charge >= 0.3 is 6.36 Å². The molecule has 108 valence electrons. The van der Waals surface area contributed by atoms with Gasteiger partial charge in [-0.2, -0.15) is 0 Å². The third-order valence-corrected chi connectivity index (χ3v) is 3.94. The predicted molar refractivity (Wildman–Crippen MR) is 63.2 cm³/mol. The van der Waals surface area contributed by atoms with E-state index in [0.29, 0.717) is 6.42 Å². The molecule has 0 aliphatic carbocycles. The molecule has 1 atom stereocenters. The Bertz CT molecular complexity index is 511. The second-order valence-electron chi connectivity index (χ2n) is 3.95. The van der Waals surface area contributed by atoms with E-state index in [1.807, 2.05) is 6.92 Å². The normalized spacial score (nSPS) is 14.2. The molecule has 0 spiro atoms. The van der Waals surface area contributed by atoms with Gasteiger partial charge in [0, 0.05) is 6.04 Å². The van der Waals surface area contributed by atoms with E-state index in [0.717, 1.165) is 24.3 Å². The Labute approximate surface area is 109 Å². The van der Waals surface area contributed by atoms with Crippen molar-refractivity contribution >= 4 is 10.0 Å². The second kappa shape index (κ2) is 5.79. The van der Waals surface area contributed by atoms with Crippen LogP contribution in [0.1, 0.15) is 20.3 Å². The first-order valence-electron chi connectivity index (χ1n) is 5.52. The van der Waals surface area contributed by atoms with Gasteiger partial charge in [-0.05, 0) is 37.6 Å². The lowest BCUT2D eigenvalue weighted by Crippen LogP contribution is -2.31. The van der Waals surface area contributed by atoms with E-state index in [-0.39, 0.29) is 10.9 Å². The second-order valence-corrected chi connectivity index (χ2v) is 5.66. The third kappa shape index (κ3) is 5.07. The highest BCUT2D eigenvalue weighted by molar-refractivity contribution is 7.89. The monoisotopic (exact) mass is 297 g/mol. The highest BCUT2D eigenvalue weighted by Crippen LogP contribution is 2.23. The number of halogens is 3. The van der Waals surface area contributed by atoms with Crippen molar-refractivity contribution in [2.75, 3.05) is 0 Å². The molecule has 0 bridgehead atoms. The van der Waals surface area contributed by atoms with Gasteiger partial charge in [0.25, 0.3) is 0 Å². The quantitative estimate of drug-likeness (QED) is 0.909. The van der Waals surface area contributed by atoms with Crippen LogP contribution in [0.25, 0.3) is 0 Å². The lowest BCUT2D eigenvalue weighted by atomic mass is 10.3. The largest absolute Gasteiger partial charge is 0.573 e. The van der Waals surface area contributed by atoms with Crippen molar-refractivity contribution in [2.24, 2.45) is 0 Å². The minimum absolute atomic E-state index is 0.109. The van der Waals surface area contributed by atoms with Crippen LogP contribution < -0.4 is 9.46 Å². The lowest BCUT2D eigenvalue weighted by Gasteiger charge is -2.13. The predicted octanol–water partition coefficient (Wildman–Crippen LogP) is 2.66.